The number of hydrogen-bond acceptors (Lipinski definition) is 6. The van der Waals surface area contributed by atoms with Gasteiger partial charge in [0, 0.05) is 57.4 Å². The Morgan fingerprint density at radius 2 is 1.55 bits per heavy atom. The molecule has 15 heteroatoms. The molecule has 3 heterocycles. The number of alkyl halides is 6. The SMILES string of the molecule is COCC1CN(Cc2cccc(C)n2)CC12CCN(C(=O)C1CC1)CC2.O=C(O)C(F)(F)F.O=C(O)C(F)(F)F. The van der Waals surface area contributed by atoms with E-state index < -0.39 is 24.3 Å². The van der Waals surface area contributed by atoms with Crippen LogP contribution in [0.3, 0.4) is 0 Å². The molecule has 1 spiro atoms. The Balaban J connectivity index is 0.000000333. The van der Waals surface area contributed by atoms with Gasteiger partial charge in [0.1, 0.15) is 0 Å². The van der Waals surface area contributed by atoms with Gasteiger partial charge in [-0.3, -0.25) is 14.7 Å². The number of carboxylic acids is 2. The number of likely N-dealkylation sites (tertiary alicyclic amines) is 2. The zero-order valence-electron chi connectivity index (χ0n) is 22.1. The van der Waals surface area contributed by atoms with Crippen molar-refractivity contribution in [3.05, 3.63) is 29.6 Å². The first-order valence-corrected chi connectivity index (χ1v) is 12.5. The van der Waals surface area contributed by atoms with Gasteiger partial charge in [-0.15, -0.1) is 0 Å². The van der Waals surface area contributed by atoms with Gasteiger partial charge in [0.05, 0.1) is 12.3 Å². The molecule has 1 aromatic rings. The Hall–Kier alpha value is -2.94. The second-order valence-electron chi connectivity index (χ2n) is 10.2. The highest BCUT2D eigenvalue weighted by Gasteiger charge is 2.49. The second-order valence-corrected chi connectivity index (χ2v) is 10.2. The first kappa shape index (κ1) is 33.3. The molecular weight excluding hydrogens is 552 g/mol. The van der Waals surface area contributed by atoms with Gasteiger partial charge >= 0.3 is 24.3 Å². The van der Waals surface area contributed by atoms with Crippen molar-refractivity contribution >= 4 is 17.8 Å². The van der Waals surface area contributed by atoms with E-state index in [2.05, 4.69) is 39.9 Å². The topological polar surface area (TPSA) is 120 Å². The molecule has 1 unspecified atom stereocenters. The van der Waals surface area contributed by atoms with Gasteiger partial charge in [-0.25, -0.2) is 9.59 Å². The first-order valence-electron chi connectivity index (χ1n) is 12.5. The van der Waals surface area contributed by atoms with Gasteiger partial charge in [0.25, 0.3) is 0 Å². The Labute approximate surface area is 227 Å². The molecule has 1 saturated carbocycles. The van der Waals surface area contributed by atoms with Crippen LogP contribution in [-0.4, -0.2) is 95.1 Å². The average molecular weight is 586 g/mol. The van der Waals surface area contributed by atoms with E-state index in [4.69, 9.17) is 24.5 Å². The summed E-state index contributed by atoms with van der Waals surface area (Å²) >= 11 is 0. The van der Waals surface area contributed by atoms with Crippen LogP contribution in [0.4, 0.5) is 26.3 Å². The molecule has 2 saturated heterocycles. The van der Waals surface area contributed by atoms with Crippen LogP contribution in [0.25, 0.3) is 0 Å². The monoisotopic (exact) mass is 585 g/mol. The Morgan fingerprint density at radius 3 is 1.98 bits per heavy atom. The first-order chi connectivity index (χ1) is 18.5. The van der Waals surface area contributed by atoms with E-state index in [9.17, 15) is 31.1 Å². The van der Waals surface area contributed by atoms with Gasteiger partial charge in [0.2, 0.25) is 5.91 Å². The minimum Gasteiger partial charge on any atom is -0.475 e. The summed E-state index contributed by atoms with van der Waals surface area (Å²) in [5.41, 5.74) is 2.52. The van der Waals surface area contributed by atoms with E-state index in [1.54, 1.807) is 0 Å². The maximum Gasteiger partial charge on any atom is 0.490 e. The lowest BCUT2D eigenvalue weighted by Crippen LogP contribution is -2.47. The standard InChI is InChI=1S/C21H31N3O2.2C2HF3O2/c1-16-4-3-5-19(22-16)13-23-12-18(14-26-2)21(15-23)8-10-24(11-9-21)20(25)17-6-7-17;2*3-2(4,5)1(6)7/h3-5,17-18H,6-15H2,1-2H3;2*(H,6,7). The molecule has 1 aromatic heterocycles. The smallest absolute Gasteiger partial charge is 0.475 e. The van der Waals surface area contributed by atoms with Crippen molar-refractivity contribution in [3.8, 4) is 0 Å². The average Bonchev–Trinajstić information content (AvgIpc) is 3.64. The largest absolute Gasteiger partial charge is 0.490 e. The van der Waals surface area contributed by atoms with Crippen LogP contribution in [0.15, 0.2) is 18.2 Å². The minimum atomic E-state index is -5.08. The summed E-state index contributed by atoms with van der Waals surface area (Å²) in [5.74, 6) is -4.22. The Kier molecular flexibility index (Phi) is 11.3. The minimum absolute atomic E-state index is 0.292. The molecule has 9 nitrogen and oxygen atoms in total. The van der Waals surface area contributed by atoms with Gasteiger partial charge < -0.3 is 19.8 Å². The van der Waals surface area contributed by atoms with E-state index in [0.29, 0.717) is 23.2 Å². The number of ether oxygens (including phenoxy) is 1. The number of halogens is 6. The number of piperidine rings is 1. The van der Waals surface area contributed by atoms with Crippen molar-refractivity contribution in [2.45, 2.75) is 51.5 Å². The maximum absolute atomic E-state index is 12.4. The summed E-state index contributed by atoms with van der Waals surface area (Å²) in [6.45, 7) is 7.79. The number of rotatable bonds is 5. The van der Waals surface area contributed by atoms with Crippen LogP contribution in [-0.2, 0) is 25.7 Å². The molecule has 3 fully saturated rings. The summed E-state index contributed by atoms with van der Waals surface area (Å²) in [6, 6.07) is 6.27. The molecule has 0 aromatic carbocycles. The van der Waals surface area contributed by atoms with Crippen LogP contribution >= 0.6 is 0 Å². The fraction of sp³-hybridized carbons (Fsp3) is 0.680. The summed E-state index contributed by atoms with van der Waals surface area (Å²) in [6.07, 6.45) is -5.75. The third-order valence-electron chi connectivity index (χ3n) is 7.07. The van der Waals surface area contributed by atoms with E-state index in [0.717, 1.165) is 76.4 Å². The lowest BCUT2D eigenvalue weighted by Gasteiger charge is -2.42. The summed E-state index contributed by atoms with van der Waals surface area (Å²) in [7, 11) is 1.81. The number of aromatic nitrogens is 1. The van der Waals surface area contributed by atoms with Gasteiger partial charge in [-0.2, -0.15) is 26.3 Å². The molecule has 40 heavy (non-hydrogen) atoms. The third kappa shape index (κ3) is 9.91. The molecule has 1 aliphatic carbocycles. The van der Waals surface area contributed by atoms with E-state index in [1.165, 1.54) is 0 Å². The number of amides is 1. The fourth-order valence-corrected chi connectivity index (χ4v) is 4.94. The number of aliphatic carboxylic acids is 2. The maximum atomic E-state index is 12.4. The summed E-state index contributed by atoms with van der Waals surface area (Å²) in [4.78, 5) is 39.5. The highest BCUT2D eigenvalue weighted by atomic mass is 19.4. The van der Waals surface area contributed by atoms with Crippen molar-refractivity contribution in [3.63, 3.8) is 0 Å². The van der Waals surface area contributed by atoms with Gasteiger partial charge in [-0.1, -0.05) is 6.07 Å². The molecular formula is C25H33F6N3O6. The van der Waals surface area contributed by atoms with Crippen LogP contribution in [0.2, 0.25) is 0 Å². The van der Waals surface area contributed by atoms with E-state index in [-0.39, 0.29) is 0 Å². The van der Waals surface area contributed by atoms with Crippen LogP contribution in [0.1, 0.15) is 37.1 Å². The lowest BCUT2D eigenvalue weighted by molar-refractivity contribution is -0.193. The summed E-state index contributed by atoms with van der Waals surface area (Å²) < 4.78 is 69.0. The highest BCUT2D eigenvalue weighted by Crippen LogP contribution is 2.46. The molecule has 1 amide bonds. The number of carbonyl (C=O) groups is 3. The predicted molar refractivity (Wildman–Crippen MR) is 128 cm³/mol. The van der Waals surface area contributed by atoms with E-state index >= 15 is 0 Å². The van der Waals surface area contributed by atoms with E-state index in [1.807, 2.05) is 7.11 Å². The molecule has 2 N–H and O–H groups in total. The lowest BCUT2D eigenvalue weighted by atomic mass is 9.71. The number of methoxy groups -OCH3 is 1. The number of carboxylic acid groups (broad SMARTS) is 2. The molecule has 3 aliphatic rings. The molecule has 1 atom stereocenters. The molecule has 4 rings (SSSR count). The van der Waals surface area contributed by atoms with Crippen LogP contribution in [0.5, 0.6) is 0 Å². The Bertz CT molecular complexity index is 999. The van der Waals surface area contributed by atoms with Crippen molar-refractivity contribution in [1.29, 1.82) is 0 Å². The number of hydrogen-bond donors (Lipinski definition) is 2. The molecule has 0 bridgehead atoms. The number of carbonyl (C=O) groups excluding carboxylic acids is 1. The molecule has 2 aliphatic heterocycles. The van der Waals surface area contributed by atoms with Crippen molar-refractivity contribution < 1.29 is 55.7 Å². The number of pyridine rings is 1. The van der Waals surface area contributed by atoms with Crippen LogP contribution < -0.4 is 0 Å². The normalized spacial score (nSPS) is 20.7. The predicted octanol–water partition coefficient (Wildman–Crippen LogP) is 3.75. The zero-order valence-corrected chi connectivity index (χ0v) is 22.1. The summed E-state index contributed by atoms with van der Waals surface area (Å²) in [5, 5.41) is 14.2. The van der Waals surface area contributed by atoms with Gasteiger partial charge in [-0.05, 0) is 50.2 Å². The number of nitrogens with zero attached hydrogens (tertiary/aromatic N) is 3. The second kappa shape index (κ2) is 13.6. The highest BCUT2D eigenvalue weighted by molar-refractivity contribution is 5.81. The van der Waals surface area contributed by atoms with Crippen LogP contribution in [0, 0.1) is 24.2 Å². The number of aryl methyl sites for hydroxylation is 1. The van der Waals surface area contributed by atoms with Crippen molar-refractivity contribution in [1.82, 2.24) is 14.8 Å². The van der Waals surface area contributed by atoms with Gasteiger partial charge in [0.15, 0.2) is 0 Å². The molecule has 0 radical (unpaired) electrons. The Morgan fingerprint density at radius 1 is 1.02 bits per heavy atom. The van der Waals surface area contributed by atoms with Crippen molar-refractivity contribution in [2.75, 3.05) is 39.9 Å². The third-order valence-corrected chi connectivity index (χ3v) is 7.07. The molecule has 226 valence electrons. The fourth-order valence-electron chi connectivity index (χ4n) is 4.94. The zero-order chi connectivity index (χ0) is 30.3. The van der Waals surface area contributed by atoms with Crippen molar-refractivity contribution in [2.24, 2.45) is 17.3 Å². The quantitative estimate of drug-likeness (QED) is 0.502.